The molecule has 1 aliphatic carbocycles. The van der Waals surface area contributed by atoms with E-state index in [2.05, 4.69) is 174 Å². The van der Waals surface area contributed by atoms with Gasteiger partial charge in [0.25, 0.3) is 0 Å². The number of benzene rings is 7. The number of para-hydroxylation sites is 3. The van der Waals surface area contributed by atoms with Crippen molar-refractivity contribution in [3.63, 3.8) is 0 Å². The minimum absolute atomic E-state index is 0.0693. The third-order valence-corrected chi connectivity index (χ3v) is 11.8. The van der Waals surface area contributed by atoms with E-state index in [-0.39, 0.29) is 5.41 Å². The molecule has 0 atom stereocenters. The first-order valence-corrected chi connectivity index (χ1v) is 18.7. The molecule has 0 unspecified atom stereocenters. The van der Waals surface area contributed by atoms with Crippen LogP contribution in [0.3, 0.4) is 0 Å². The number of hydrogen-bond donors (Lipinski definition) is 0. The van der Waals surface area contributed by atoms with Gasteiger partial charge in [-0.25, -0.2) is 15.0 Å². The molecule has 4 heterocycles. The van der Waals surface area contributed by atoms with Gasteiger partial charge in [0.05, 0.1) is 27.6 Å². The first-order valence-electron chi connectivity index (χ1n) is 18.7. The van der Waals surface area contributed by atoms with Crippen molar-refractivity contribution in [3.05, 3.63) is 169 Å². The number of fused-ring (bicyclic) bond motifs is 14. The second-order valence-corrected chi connectivity index (χ2v) is 15.2. The van der Waals surface area contributed by atoms with Gasteiger partial charge < -0.3 is 0 Å². The molecular weight excluding hydrogens is 673 g/mol. The molecule has 6 nitrogen and oxygen atoms in total. The van der Waals surface area contributed by atoms with Crippen molar-refractivity contribution >= 4 is 60.2 Å². The molecule has 0 spiro atoms. The second-order valence-electron chi connectivity index (χ2n) is 15.2. The molecule has 0 radical (unpaired) electrons. The number of aromatic nitrogens is 6. The van der Waals surface area contributed by atoms with Gasteiger partial charge in [-0.2, -0.15) is 4.98 Å². The zero-order valence-electron chi connectivity index (χ0n) is 30.2. The molecule has 0 saturated heterocycles. The van der Waals surface area contributed by atoms with Crippen LogP contribution in [0.5, 0.6) is 0 Å². The minimum Gasteiger partial charge on any atom is -0.292 e. The van der Waals surface area contributed by atoms with Gasteiger partial charge >= 0.3 is 0 Å². The van der Waals surface area contributed by atoms with Gasteiger partial charge in [-0.3, -0.25) is 8.97 Å². The summed E-state index contributed by atoms with van der Waals surface area (Å²) in [5, 5.41) is 5.77. The first kappa shape index (κ1) is 30.3. The van der Waals surface area contributed by atoms with Gasteiger partial charge in [0.1, 0.15) is 12.0 Å². The van der Waals surface area contributed by atoms with Gasteiger partial charge in [-0.05, 0) is 81.2 Å². The van der Waals surface area contributed by atoms with E-state index < -0.39 is 0 Å². The summed E-state index contributed by atoms with van der Waals surface area (Å²) >= 11 is 0. The minimum atomic E-state index is -0.0693. The maximum atomic E-state index is 5.18. The molecule has 12 rings (SSSR count). The van der Waals surface area contributed by atoms with Crippen molar-refractivity contribution in [2.24, 2.45) is 0 Å². The highest BCUT2D eigenvalue weighted by molar-refractivity contribution is 6.20. The maximum Gasteiger partial charge on any atom is 0.238 e. The Balaban J connectivity index is 1.04. The lowest BCUT2D eigenvalue weighted by Gasteiger charge is -2.22. The van der Waals surface area contributed by atoms with E-state index in [1.54, 1.807) is 6.33 Å². The van der Waals surface area contributed by atoms with Crippen molar-refractivity contribution in [2.45, 2.75) is 19.3 Å². The largest absolute Gasteiger partial charge is 0.292 e. The summed E-state index contributed by atoms with van der Waals surface area (Å²) in [5.41, 5.74) is 14.7. The second kappa shape index (κ2) is 10.9. The fourth-order valence-corrected chi connectivity index (χ4v) is 9.24. The summed E-state index contributed by atoms with van der Waals surface area (Å²) in [6.45, 7) is 4.65. The third kappa shape index (κ3) is 4.19. The Morgan fingerprint density at radius 2 is 1.16 bits per heavy atom. The quantitative estimate of drug-likeness (QED) is 0.172. The molecule has 258 valence electrons. The topological polar surface area (TPSA) is 60.9 Å². The summed E-state index contributed by atoms with van der Waals surface area (Å²) in [6, 6.07) is 54.3. The molecule has 7 aromatic carbocycles. The SMILES string of the molecule is CC1(C)c2ccccc2-c2ccc(-c3cccc(-c4ncnc(-n5c6ccccc6c6cc7c8ccccc8c8nc9ccccc9n8c7cc65)n4)c3)cc21. The molecule has 6 heteroatoms. The summed E-state index contributed by atoms with van der Waals surface area (Å²) in [5.74, 6) is 1.20. The van der Waals surface area contributed by atoms with E-state index in [0.29, 0.717) is 11.8 Å². The number of pyridine rings is 1. The summed E-state index contributed by atoms with van der Waals surface area (Å²) < 4.78 is 4.48. The first-order chi connectivity index (χ1) is 27.0. The molecule has 0 amide bonds. The molecule has 55 heavy (non-hydrogen) atoms. The highest BCUT2D eigenvalue weighted by Crippen LogP contribution is 2.49. The van der Waals surface area contributed by atoms with Crippen molar-refractivity contribution in [1.82, 2.24) is 28.9 Å². The molecule has 0 bridgehead atoms. The van der Waals surface area contributed by atoms with Crippen LogP contribution in [0.25, 0.3) is 99.8 Å². The predicted molar refractivity (Wildman–Crippen MR) is 224 cm³/mol. The van der Waals surface area contributed by atoms with E-state index in [9.17, 15) is 0 Å². The smallest absolute Gasteiger partial charge is 0.238 e. The Hall–Kier alpha value is -7.18. The zero-order chi connectivity index (χ0) is 36.4. The monoisotopic (exact) mass is 704 g/mol. The van der Waals surface area contributed by atoms with Crippen molar-refractivity contribution in [2.75, 3.05) is 0 Å². The maximum absolute atomic E-state index is 5.18. The average molecular weight is 705 g/mol. The van der Waals surface area contributed by atoms with E-state index >= 15 is 0 Å². The Bertz CT molecular complexity index is 3420. The third-order valence-electron chi connectivity index (χ3n) is 11.8. The van der Waals surface area contributed by atoms with Crippen molar-refractivity contribution in [1.29, 1.82) is 0 Å². The summed E-state index contributed by atoms with van der Waals surface area (Å²) in [6.07, 6.45) is 1.64. The van der Waals surface area contributed by atoms with E-state index in [1.165, 1.54) is 38.6 Å². The molecular formula is C49H32N6. The van der Waals surface area contributed by atoms with Crippen LogP contribution in [0, 0.1) is 0 Å². The standard InChI is InChI=1S/C49H32N6/c1-49(2)39-18-7-5-15-33(39)34-23-22-30(25-40(34)49)29-12-11-13-31(24-29)46-50-28-51-48(53-46)55-42-20-9-6-16-35(42)38-26-37-32-14-3-4-17-36(32)47-52-41-19-8-10-21-43(41)54(47)44(37)27-45(38)55/h3-28H,1-2H3. The molecule has 11 aromatic rings. The Morgan fingerprint density at radius 1 is 0.455 bits per heavy atom. The van der Waals surface area contributed by atoms with Crippen LogP contribution in [0.2, 0.25) is 0 Å². The van der Waals surface area contributed by atoms with Gasteiger partial charge in [-0.1, -0.05) is 123 Å². The zero-order valence-corrected chi connectivity index (χ0v) is 30.2. The van der Waals surface area contributed by atoms with E-state index in [0.717, 1.165) is 60.5 Å². The molecule has 0 fully saturated rings. The van der Waals surface area contributed by atoms with Crippen LogP contribution >= 0.6 is 0 Å². The van der Waals surface area contributed by atoms with Gasteiger partial charge in [0.15, 0.2) is 5.82 Å². The number of nitrogens with zero attached hydrogens (tertiary/aromatic N) is 6. The van der Waals surface area contributed by atoms with Gasteiger partial charge in [0.2, 0.25) is 5.95 Å². The average Bonchev–Trinajstić information content (AvgIpc) is 3.86. The van der Waals surface area contributed by atoms with Gasteiger partial charge in [0, 0.05) is 32.5 Å². The van der Waals surface area contributed by atoms with Crippen LogP contribution in [0.4, 0.5) is 0 Å². The van der Waals surface area contributed by atoms with Crippen LogP contribution in [-0.4, -0.2) is 28.9 Å². The normalized spacial score (nSPS) is 13.4. The molecule has 0 saturated carbocycles. The highest BCUT2D eigenvalue weighted by Gasteiger charge is 2.35. The lowest BCUT2D eigenvalue weighted by atomic mass is 9.81. The van der Waals surface area contributed by atoms with Crippen LogP contribution in [-0.2, 0) is 5.41 Å². The van der Waals surface area contributed by atoms with Crippen molar-refractivity contribution < 1.29 is 0 Å². The number of imidazole rings is 1. The fraction of sp³-hybridized carbons (Fsp3) is 0.0612. The predicted octanol–water partition coefficient (Wildman–Crippen LogP) is 11.7. The van der Waals surface area contributed by atoms with Crippen LogP contribution in [0.1, 0.15) is 25.0 Å². The number of rotatable bonds is 3. The molecule has 4 aromatic heterocycles. The lowest BCUT2D eigenvalue weighted by molar-refractivity contribution is 0.660. The van der Waals surface area contributed by atoms with Crippen LogP contribution < -0.4 is 0 Å². The lowest BCUT2D eigenvalue weighted by Crippen LogP contribution is -2.14. The highest BCUT2D eigenvalue weighted by atomic mass is 15.2. The molecule has 0 N–H and O–H groups in total. The Morgan fingerprint density at radius 3 is 2.07 bits per heavy atom. The summed E-state index contributed by atoms with van der Waals surface area (Å²) in [7, 11) is 0. The Kier molecular flexibility index (Phi) is 6.02. The fourth-order valence-electron chi connectivity index (χ4n) is 9.24. The Labute approximate surface area is 316 Å². The molecule has 1 aliphatic rings. The van der Waals surface area contributed by atoms with E-state index in [4.69, 9.17) is 19.9 Å². The van der Waals surface area contributed by atoms with E-state index in [1.807, 2.05) is 0 Å². The molecule has 0 aliphatic heterocycles. The summed E-state index contributed by atoms with van der Waals surface area (Å²) in [4.78, 5) is 19.9. The number of hydrogen-bond acceptors (Lipinski definition) is 4. The van der Waals surface area contributed by atoms with Crippen molar-refractivity contribution in [3.8, 4) is 39.6 Å². The van der Waals surface area contributed by atoms with Gasteiger partial charge in [-0.15, -0.1) is 0 Å². The van der Waals surface area contributed by atoms with Crippen LogP contribution in [0.15, 0.2) is 158 Å².